The quantitative estimate of drug-likeness (QED) is 0.227. The van der Waals surface area contributed by atoms with Crippen LogP contribution in [0.2, 0.25) is 0 Å². The second kappa shape index (κ2) is 12.7. The van der Waals surface area contributed by atoms with Gasteiger partial charge < -0.3 is 0 Å². The normalized spacial score (nSPS) is 11.7. The summed E-state index contributed by atoms with van der Waals surface area (Å²) in [6.45, 7) is 4.15. The zero-order valence-electron chi connectivity index (χ0n) is 18.6. The van der Waals surface area contributed by atoms with E-state index in [-0.39, 0.29) is 16.4 Å². The highest BCUT2D eigenvalue weighted by molar-refractivity contribution is 7.90. The molecule has 0 saturated carbocycles. The monoisotopic (exact) mass is 431 g/mol. The van der Waals surface area contributed by atoms with Crippen LogP contribution in [0.5, 0.6) is 0 Å². The Hall–Kier alpha value is -1.88. The van der Waals surface area contributed by atoms with E-state index in [0.717, 1.165) is 28.8 Å². The molecule has 166 valence electrons. The largest absolute Gasteiger partial charge is 0.292 e. The van der Waals surface area contributed by atoms with Crippen molar-refractivity contribution in [3.63, 3.8) is 0 Å². The Kier molecular flexibility index (Phi) is 10.4. The zero-order valence-corrected chi connectivity index (χ0v) is 19.4. The summed E-state index contributed by atoms with van der Waals surface area (Å²) in [6, 6.07) is 9.93. The Morgan fingerprint density at radius 1 is 0.800 bits per heavy atom. The minimum absolute atomic E-state index is 0.105. The molecule has 2 rings (SSSR count). The van der Waals surface area contributed by atoms with Crippen LogP contribution in [0, 0.1) is 6.92 Å². The van der Waals surface area contributed by atoms with Gasteiger partial charge in [0.25, 0.3) is 10.0 Å². The van der Waals surface area contributed by atoms with Crippen molar-refractivity contribution >= 4 is 15.8 Å². The molecular weight excluding hydrogens is 394 g/mol. The number of aryl methyl sites for hydroxylation is 1. The molecule has 0 fully saturated rings. The molecule has 0 aliphatic carbocycles. The number of carbonyl (C=O) groups is 1. The summed E-state index contributed by atoms with van der Waals surface area (Å²) in [5.41, 5.74) is 1.25. The van der Waals surface area contributed by atoms with Gasteiger partial charge >= 0.3 is 0 Å². The summed E-state index contributed by atoms with van der Waals surface area (Å²) in [7, 11) is -3.75. The number of ketones is 1. The van der Waals surface area contributed by atoms with Gasteiger partial charge in [0.1, 0.15) is 0 Å². The number of hydrogen-bond donors (Lipinski definition) is 0. The van der Waals surface area contributed by atoms with E-state index in [4.69, 9.17) is 0 Å². The molecule has 0 atom stereocenters. The van der Waals surface area contributed by atoms with Crippen LogP contribution >= 0.6 is 0 Å². The molecule has 0 spiro atoms. The first kappa shape index (κ1) is 24.4. The lowest BCUT2D eigenvalue weighted by Gasteiger charge is -2.10. The second-order valence-corrected chi connectivity index (χ2v) is 10.0. The molecule has 0 N–H and O–H groups in total. The summed E-state index contributed by atoms with van der Waals surface area (Å²) in [6.07, 6.45) is 15.3. The van der Waals surface area contributed by atoms with Crippen LogP contribution in [0.3, 0.4) is 0 Å². The molecule has 5 heteroatoms. The maximum absolute atomic E-state index is 12.9. The first-order valence-electron chi connectivity index (χ1n) is 11.5. The summed E-state index contributed by atoms with van der Waals surface area (Å²) in [4.78, 5) is 12.8. The molecule has 0 aliphatic rings. The van der Waals surface area contributed by atoms with Crippen molar-refractivity contribution in [1.82, 2.24) is 3.97 Å². The highest BCUT2D eigenvalue weighted by Gasteiger charge is 2.22. The average Bonchev–Trinajstić information content (AvgIpc) is 3.23. The Balaban J connectivity index is 1.75. The lowest BCUT2D eigenvalue weighted by molar-refractivity contribution is 0.0973. The molecule has 1 aromatic heterocycles. The van der Waals surface area contributed by atoms with E-state index < -0.39 is 10.0 Å². The Morgan fingerprint density at radius 3 is 1.90 bits per heavy atom. The maximum Gasteiger partial charge on any atom is 0.268 e. The van der Waals surface area contributed by atoms with E-state index in [1.165, 1.54) is 57.6 Å². The highest BCUT2D eigenvalue weighted by Crippen LogP contribution is 2.19. The van der Waals surface area contributed by atoms with E-state index in [0.29, 0.717) is 6.42 Å². The maximum atomic E-state index is 12.9. The lowest BCUT2D eigenvalue weighted by Crippen LogP contribution is -2.17. The molecular formula is C25H37NO3S. The Bertz CT molecular complexity index is 866. The predicted molar refractivity (Wildman–Crippen MR) is 124 cm³/mol. The smallest absolute Gasteiger partial charge is 0.268 e. The van der Waals surface area contributed by atoms with Crippen molar-refractivity contribution in [3.8, 4) is 0 Å². The Labute approximate surface area is 182 Å². The number of carbonyl (C=O) groups excluding carboxylic acids is 1. The molecule has 0 aliphatic heterocycles. The number of benzene rings is 1. The topological polar surface area (TPSA) is 56.1 Å². The van der Waals surface area contributed by atoms with E-state index >= 15 is 0 Å². The van der Waals surface area contributed by atoms with Gasteiger partial charge in [0.15, 0.2) is 5.78 Å². The minimum atomic E-state index is -3.75. The number of unbranched alkanes of at least 4 members (excludes halogenated alkanes) is 10. The van der Waals surface area contributed by atoms with Gasteiger partial charge in [-0.15, -0.1) is 0 Å². The van der Waals surface area contributed by atoms with Crippen LogP contribution in [0.25, 0.3) is 0 Å². The first-order valence-corrected chi connectivity index (χ1v) is 12.9. The molecule has 1 aromatic carbocycles. The highest BCUT2D eigenvalue weighted by atomic mass is 32.2. The molecule has 0 radical (unpaired) electrons. The SMILES string of the molecule is CCCCCCCCCCCCCC(=O)c1cccn1S(=O)(=O)c1ccc(C)cc1. The van der Waals surface area contributed by atoms with Crippen LogP contribution in [-0.2, 0) is 10.0 Å². The van der Waals surface area contributed by atoms with Gasteiger partial charge in [0.2, 0.25) is 0 Å². The minimum Gasteiger partial charge on any atom is -0.292 e. The van der Waals surface area contributed by atoms with Gasteiger partial charge in [-0.1, -0.05) is 88.8 Å². The molecule has 30 heavy (non-hydrogen) atoms. The number of hydrogen-bond acceptors (Lipinski definition) is 3. The van der Waals surface area contributed by atoms with Gasteiger partial charge in [-0.3, -0.25) is 4.79 Å². The molecule has 2 aromatic rings. The van der Waals surface area contributed by atoms with E-state index in [1.54, 1.807) is 36.4 Å². The molecule has 0 unspecified atom stereocenters. The van der Waals surface area contributed by atoms with Crippen molar-refractivity contribution in [1.29, 1.82) is 0 Å². The van der Waals surface area contributed by atoms with Crippen molar-refractivity contribution in [2.75, 3.05) is 0 Å². The Morgan fingerprint density at radius 2 is 1.33 bits per heavy atom. The lowest BCUT2D eigenvalue weighted by atomic mass is 10.0. The molecule has 4 nitrogen and oxygen atoms in total. The average molecular weight is 432 g/mol. The predicted octanol–water partition coefficient (Wildman–Crippen LogP) is 6.92. The fourth-order valence-corrected chi connectivity index (χ4v) is 5.05. The van der Waals surface area contributed by atoms with Crippen LogP contribution < -0.4 is 0 Å². The van der Waals surface area contributed by atoms with E-state index in [2.05, 4.69) is 6.92 Å². The molecule has 0 saturated heterocycles. The van der Waals surface area contributed by atoms with Gasteiger partial charge in [-0.2, -0.15) is 0 Å². The van der Waals surface area contributed by atoms with Gasteiger partial charge in [0.05, 0.1) is 10.6 Å². The van der Waals surface area contributed by atoms with Crippen LogP contribution in [0.1, 0.15) is 100 Å². The fraction of sp³-hybridized carbons (Fsp3) is 0.560. The molecule has 0 bridgehead atoms. The summed E-state index contributed by atoms with van der Waals surface area (Å²) in [5, 5.41) is 0. The summed E-state index contributed by atoms with van der Waals surface area (Å²) >= 11 is 0. The van der Waals surface area contributed by atoms with E-state index in [9.17, 15) is 13.2 Å². The number of rotatable bonds is 15. The van der Waals surface area contributed by atoms with Crippen LogP contribution in [0.4, 0.5) is 0 Å². The van der Waals surface area contributed by atoms with Crippen molar-refractivity contribution in [3.05, 3.63) is 53.9 Å². The van der Waals surface area contributed by atoms with Crippen LogP contribution in [-0.4, -0.2) is 18.2 Å². The number of Topliss-reactive ketones (excluding diaryl/α,β-unsaturated/α-hetero) is 1. The third-order valence-electron chi connectivity index (χ3n) is 5.58. The van der Waals surface area contributed by atoms with E-state index in [1.807, 2.05) is 6.92 Å². The summed E-state index contributed by atoms with van der Waals surface area (Å²) < 4.78 is 26.9. The second-order valence-electron chi connectivity index (χ2n) is 8.22. The zero-order chi connectivity index (χ0) is 21.8. The van der Waals surface area contributed by atoms with Crippen molar-refractivity contribution < 1.29 is 13.2 Å². The fourth-order valence-electron chi connectivity index (χ4n) is 3.69. The number of nitrogens with zero attached hydrogens (tertiary/aromatic N) is 1. The van der Waals surface area contributed by atoms with Crippen LogP contribution in [0.15, 0.2) is 47.5 Å². The van der Waals surface area contributed by atoms with Crippen molar-refractivity contribution in [2.24, 2.45) is 0 Å². The molecule has 1 heterocycles. The van der Waals surface area contributed by atoms with Gasteiger partial charge in [-0.05, 0) is 37.6 Å². The van der Waals surface area contributed by atoms with Crippen molar-refractivity contribution in [2.45, 2.75) is 95.8 Å². The third-order valence-corrected chi connectivity index (χ3v) is 7.29. The third kappa shape index (κ3) is 7.42. The number of aromatic nitrogens is 1. The first-order chi connectivity index (χ1) is 14.5. The standard InChI is InChI=1S/C25H37NO3S/c1-3-4-5-6-7-8-9-10-11-12-13-16-25(27)24-15-14-21-26(24)30(28,29)23-19-17-22(2)18-20-23/h14-15,17-21H,3-13,16H2,1-2H3. The van der Waals surface area contributed by atoms with Gasteiger partial charge in [-0.25, -0.2) is 12.4 Å². The van der Waals surface area contributed by atoms with Gasteiger partial charge in [0, 0.05) is 12.6 Å². The molecule has 0 amide bonds. The summed E-state index contributed by atoms with van der Waals surface area (Å²) in [5.74, 6) is -0.105.